The maximum atomic E-state index is 13.5. The standard InChI is InChI=1S/C26H31ClF3N3O6S/c1-16-13-33(17(2)15-34)25(36)21-12-19(31-24(35)10-11-26(28,29)30)6-9-22(21)39-23(16)14-32(3)40(37,38)20-7-4-18(27)5-8-20/h4-9,12,16-17,23,34H,10-11,13-15H2,1-3H3,(H,31,35)/t16-,17+,23+/m1/s1. The van der Waals surface area contributed by atoms with E-state index in [9.17, 15) is 36.3 Å². The number of ether oxygens (including phenoxy) is 1. The molecule has 0 aromatic heterocycles. The van der Waals surface area contributed by atoms with Crippen LogP contribution in [0.25, 0.3) is 0 Å². The molecule has 0 spiro atoms. The molecule has 0 radical (unpaired) electrons. The minimum absolute atomic E-state index is 0.00836. The molecule has 1 aliphatic heterocycles. The summed E-state index contributed by atoms with van der Waals surface area (Å²) in [5.41, 5.74) is 0.0983. The molecule has 1 aliphatic rings. The van der Waals surface area contributed by atoms with E-state index >= 15 is 0 Å². The molecule has 2 N–H and O–H groups in total. The molecule has 0 aliphatic carbocycles. The lowest BCUT2D eigenvalue weighted by atomic mass is 9.99. The molecule has 0 saturated heterocycles. The topological polar surface area (TPSA) is 116 Å². The number of aliphatic hydroxyl groups excluding tert-OH is 1. The number of aliphatic hydroxyl groups is 1. The second kappa shape index (κ2) is 12.8. The number of carbonyl (C=O) groups excluding carboxylic acids is 2. The fourth-order valence-corrected chi connectivity index (χ4v) is 5.44. The van der Waals surface area contributed by atoms with Gasteiger partial charge in [0.15, 0.2) is 0 Å². The molecule has 0 bridgehead atoms. The van der Waals surface area contributed by atoms with E-state index in [1.165, 1.54) is 54.4 Å². The van der Waals surface area contributed by atoms with Crippen molar-refractivity contribution < 1.29 is 41.0 Å². The number of nitrogens with zero attached hydrogens (tertiary/aromatic N) is 2. The lowest BCUT2D eigenvalue weighted by molar-refractivity contribution is -0.142. The number of halogens is 4. The maximum Gasteiger partial charge on any atom is 0.389 e. The Morgan fingerprint density at radius 2 is 1.90 bits per heavy atom. The Kier molecular flexibility index (Phi) is 10.1. The van der Waals surface area contributed by atoms with Gasteiger partial charge in [0.05, 0.1) is 36.1 Å². The lowest BCUT2D eigenvalue weighted by Gasteiger charge is -2.38. The molecule has 40 heavy (non-hydrogen) atoms. The van der Waals surface area contributed by atoms with Gasteiger partial charge in [-0.25, -0.2) is 8.42 Å². The maximum absolute atomic E-state index is 13.5. The third-order valence-corrected chi connectivity index (χ3v) is 8.63. The predicted molar refractivity (Wildman–Crippen MR) is 143 cm³/mol. The number of carbonyl (C=O) groups is 2. The summed E-state index contributed by atoms with van der Waals surface area (Å²) < 4.78 is 71.1. The highest BCUT2D eigenvalue weighted by Gasteiger charge is 2.35. The zero-order chi connectivity index (χ0) is 29.8. The van der Waals surface area contributed by atoms with Gasteiger partial charge in [0.1, 0.15) is 11.9 Å². The summed E-state index contributed by atoms with van der Waals surface area (Å²) >= 11 is 5.89. The molecule has 2 aromatic rings. The Labute approximate surface area is 235 Å². The molecule has 0 unspecified atom stereocenters. The van der Waals surface area contributed by atoms with Crippen molar-refractivity contribution in [3.05, 3.63) is 53.1 Å². The first-order valence-electron chi connectivity index (χ1n) is 12.4. The average Bonchev–Trinajstić information content (AvgIpc) is 2.89. The van der Waals surface area contributed by atoms with E-state index < -0.39 is 53.0 Å². The predicted octanol–water partition coefficient (Wildman–Crippen LogP) is 4.16. The largest absolute Gasteiger partial charge is 0.488 e. The van der Waals surface area contributed by atoms with Crippen molar-refractivity contribution in [3.63, 3.8) is 0 Å². The molecule has 0 fully saturated rings. The van der Waals surface area contributed by atoms with Crippen molar-refractivity contribution in [2.24, 2.45) is 5.92 Å². The van der Waals surface area contributed by atoms with Crippen LogP contribution in [0.1, 0.15) is 37.0 Å². The van der Waals surface area contributed by atoms with Gasteiger partial charge in [-0.3, -0.25) is 9.59 Å². The van der Waals surface area contributed by atoms with Crippen LogP contribution in [0, 0.1) is 5.92 Å². The minimum Gasteiger partial charge on any atom is -0.488 e. The Bertz CT molecular complexity index is 1320. The highest BCUT2D eigenvalue weighted by Crippen LogP contribution is 2.31. The molecule has 3 rings (SSSR count). The monoisotopic (exact) mass is 605 g/mol. The van der Waals surface area contributed by atoms with Crippen LogP contribution in [-0.2, 0) is 14.8 Å². The summed E-state index contributed by atoms with van der Waals surface area (Å²) in [6.07, 6.45) is -7.31. The smallest absolute Gasteiger partial charge is 0.389 e. The van der Waals surface area contributed by atoms with Crippen LogP contribution in [-0.4, -0.2) is 79.6 Å². The summed E-state index contributed by atoms with van der Waals surface area (Å²) in [6.45, 7) is 3.11. The van der Waals surface area contributed by atoms with Crippen LogP contribution >= 0.6 is 11.6 Å². The molecular weight excluding hydrogens is 575 g/mol. The Hall–Kier alpha value is -2.87. The zero-order valence-electron chi connectivity index (χ0n) is 22.1. The lowest BCUT2D eigenvalue weighted by Crippen LogP contribution is -2.50. The van der Waals surface area contributed by atoms with Crippen LogP contribution < -0.4 is 10.1 Å². The van der Waals surface area contributed by atoms with Gasteiger partial charge in [0, 0.05) is 36.6 Å². The molecule has 14 heteroatoms. The second-order valence-electron chi connectivity index (χ2n) is 9.74. The van der Waals surface area contributed by atoms with E-state index in [0.29, 0.717) is 5.02 Å². The number of amides is 2. The van der Waals surface area contributed by atoms with Gasteiger partial charge in [-0.05, 0) is 49.4 Å². The van der Waals surface area contributed by atoms with E-state index in [1.54, 1.807) is 13.8 Å². The van der Waals surface area contributed by atoms with Crippen molar-refractivity contribution in [2.45, 2.75) is 49.9 Å². The van der Waals surface area contributed by atoms with Crippen molar-refractivity contribution in [1.29, 1.82) is 0 Å². The number of rotatable bonds is 9. The van der Waals surface area contributed by atoms with Gasteiger partial charge in [-0.15, -0.1) is 0 Å². The minimum atomic E-state index is -4.49. The van der Waals surface area contributed by atoms with Crippen molar-refractivity contribution in [2.75, 3.05) is 32.1 Å². The SMILES string of the molecule is C[C@@H]1CN([C@@H](C)CO)C(=O)c2cc(NC(=O)CCC(F)(F)F)ccc2O[C@H]1CN(C)S(=O)(=O)c1ccc(Cl)cc1. The molecule has 220 valence electrons. The van der Waals surface area contributed by atoms with Crippen LogP contribution in [0.5, 0.6) is 5.75 Å². The quantitative estimate of drug-likeness (QED) is 0.443. The van der Waals surface area contributed by atoms with E-state index in [4.69, 9.17) is 16.3 Å². The Balaban J connectivity index is 1.91. The van der Waals surface area contributed by atoms with Crippen molar-refractivity contribution >= 4 is 39.1 Å². The summed E-state index contributed by atoms with van der Waals surface area (Å²) in [5, 5.41) is 12.5. The van der Waals surface area contributed by atoms with Crippen LogP contribution in [0.15, 0.2) is 47.4 Å². The molecular formula is C26H31ClF3N3O6S. The third kappa shape index (κ3) is 7.87. The van der Waals surface area contributed by atoms with Gasteiger partial charge >= 0.3 is 6.18 Å². The summed E-state index contributed by atoms with van der Waals surface area (Å²) in [5.74, 6) is -1.68. The Morgan fingerprint density at radius 3 is 2.50 bits per heavy atom. The van der Waals surface area contributed by atoms with Crippen LogP contribution in [0.2, 0.25) is 5.02 Å². The van der Waals surface area contributed by atoms with Crippen LogP contribution in [0.4, 0.5) is 18.9 Å². The second-order valence-corrected chi connectivity index (χ2v) is 12.2. The number of benzene rings is 2. The van der Waals surface area contributed by atoms with Crippen LogP contribution in [0.3, 0.4) is 0 Å². The normalized spacial score (nSPS) is 18.9. The highest BCUT2D eigenvalue weighted by molar-refractivity contribution is 7.89. The number of hydrogen-bond donors (Lipinski definition) is 2. The summed E-state index contributed by atoms with van der Waals surface area (Å²) in [6, 6.07) is 9.17. The molecule has 1 heterocycles. The molecule has 0 saturated carbocycles. The number of sulfonamides is 1. The molecule has 9 nitrogen and oxygen atoms in total. The fraction of sp³-hybridized carbons (Fsp3) is 0.462. The van der Waals surface area contributed by atoms with E-state index in [2.05, 4.69) is 5.32 Å². The molecule has 2 aromatic carbocycles. The molecule has 3 atom stereocenters. The number of alkyl halides is 3. The summed E-state index contributed by atoms with van der Waals surface area (Å²) in [7, 11) is -2.51. The number of fused-ring (bicyclic) bond motifs is 1. The number of likely N-dealkylation sites (N-methyl/N-ethyl adjacent to an activating group) is 1. The summed E-state index contributed by atoms with van der Waals surface area (Å²) in [4.78, 5) is 27.0. The highest BCUT2D eigenvalue weighted by atomic mass is 35.5. The first-order chi connectivity index (χ1) is 18.6. The third-order valence-electron chi connectivity index (χ3n) is 6.54. The first kappa shape index (κ1) is 31.7. The average molecular weight is 606 g/mol. The fourth-order valence-electron chi connectivity index (χ4n) is 4.14. The van der Waals surface area contributed by atoms with Gasteiger partial charge in [0.25, 0.3) is 5.91 Å². The van der Waals surface area contributed by atoms with Crippen molar-refractivity contribution in [3.8, 4) is 5.75 Å². The Morgan fingerprint density at radius 1 is 1.25 bits per heavy atom. The van der Waals surface area contributed by atoms with Crippen molar-refractivity contribution in [1.82, 2.24) is 9.21 Å². The van der Waals surface area contributed by atoms with Gasteiger partial charge in [0.2, 0.25) is 15.9 Å². The van der Waals surface area contributed by atoms with Gasteiger partial charge in [-0.1, -0.05) is 18.5 Å². The van der Waals surface area contributed by atoms with Gasteiger partial charge in [-0.2, -0.15) is 17.5 Å². The number of anilines is 1. The number of nitrogens with one attached hydrogen (secondary N) is 1. The van der Waals surface area contributed by atoms with E-state index in [1.807, 2.05) is 0 Å². The number of hydrogen-bond acceptors (Lipinski definition) is 6. The molecule has 2 amide bonds. The van der Waals surface area contributed by atoms with E-state index in [0.717, 1.165) is 4.31 Å². The zero-order valence-corrected chi connectivity index (χ0v) is 23.7. The van der Waals surface area contributed by atoms with Gasteiger partial charge < -0.3 is 20.1 Å². The first-order valence-corrected chi connectivity index (χ1v) is 14.2. The van der Waals surface area contributed by atoms with E-state index in [-0.39, 0.29) is 47.5 Å².